The van der Waals surface area contributed by atoms with Gasteiger partial charge in [0.25, 0.3) is 0 Å². The van der Waals surface area contributed by atoms with Crippen LogP contribution >= 0.6 is 0 Å². The highest BCUT2D eigenvalue weighted by molar-refractivity contribution is 6.26. The van der Waals surface area contributed by atoms with Crippen LogP contribution in [0, 0.1) is 0 Å². The molecule has 11 aromatic rings. The van der Waals surface area contributed by atoms with Crippen molar-refractivity contribution in [2.75, 3.05) is 0 Å². The SMILES string of the molecule is c1ccc(-c2ccc(-c3ccc(-c4ccc5c6ccccc6c6ccccc6c5c4)cc3-c3c4ccccc4c(-c4ccccc4)c4ccccc34)cc2)cc1. The lowest BCUT2D eigenvalue weighted by atomic mass is 9.82. The van der Waals surface area contributed by atoms with Gasteiger partial charge in [-0.15, -0.1) is 0 Å². The first kappa shape index (κ1) is 32.2. The minimum Gasteiger partial charge on any atom is -0.0622 e. The Morgan fingerprint density at radius 1 is 0.161 bits per heavy atom. The predicted molar refractivity (Wildman–Crippen MR) is 241 cm³/mol. The topological polar surface area (TPSA) is 0 Å². The fraction of sp³-hybridized carbons (Fsp3) is 0. The molecule has 0 aliphatic heterocycles. The second-order valence-corrected chi connectivity index (χ2v) is 14.8. The van der Waals surface area contributed by atoms with Gasteiger partial charge < -0.3 is 0 Å². The Morgan fingerprint density at radius 3 is 1.07 bits per heavy atom. The summed E-state index contributed by atoms with van der Waals surface area (Å²) in [5.74, 6) is 0. The summed E-state index contributed by atoms with van der Waals surface area (Å²) in [5, 5.41) is 12.7. The maximum atomic E-state index is 2.45. The second-order valence-electron chi connectivity index (χ2n) is 14.8. The van der Waals surface area contributed by atoms with E-state index in [9.17, 15) is 0 Å². The van der Waals surface area contributed by atoms with Gasteiger partial charge in [-0.05, 0) is 122 Å². The van der Waals surface area contributed by atoms with Gasteiger partial charge in [-0.1, -0.05) is 206 Å². The van der Waals surface area contributed by atoms with Crippen LogP contribution in [0.3, 0.4) is 0 Å². The van der Waals surface area contributed by atoms with Crippen molar-refractivity contribution in [2.45, 2.75) is 0 Å². The van der Waals surface area contributed by atoms with Crippen molar-refractivity contribution in [1.82, 2.24) is 0 Å². The summed E-state index contributed by atoms with van der Waals surface area (Å²) < 4.78 is 0. The van der Waals surface area contributed by atoms with E-state index < -0.39 is 0 Å². The second kappa shape index (κ2) is 13.2. The average Bonchev–Trinajstić information content (AvgIpc) is 3.28. The summed E-state index contributed by atoms with van der Waals surface area (Å²) >= 11 is 0. The van der Waals surface area contributed by atoms with Crippen molar-refractivity contribution < 1.29 is 0 Å². The molecule has 0 heteroatoms. The smallest absolute Gasteiger partial charge is 0.00199 e. The third-order valence-electron chi connectivity index (χ3n) is 11.7. The van der Waals surface area contributed by atoms with E-state index in [1.807, 2.05) is 0 Å². The lowest BCUT2D eigenvalue weighted by molar-refractivity contribution is 1.58. The van der Waals surface area contributed by atoms with Gasteiger partial charge in [0, 0.05) is 0 Å². The normalized spacial score (nSPS) is 11.6. The van der Waals surface area contributed by atoms with E-state index >= 15 is 0 Å². The van der Waals surface area contributed by atoms with Gasteiger partial charge in [-0.3, -0.25) is 0 Å². The molecule has 0 heterocycles. The number of hydrogen-bond acceptors (Lipinski definition) is 0. The molecule has 0 amide bonds. The Hall–Kier alpha value is -7.28. The van der Waals surface area contributed by atoms with Gasteiger partial charge in [0.1, 0.15) is 0 Å². The first-order valence-electron chi connectivity index (χ1n) is 19.4. The van der Waals surface area contributed by atoms with Crippen LogP contribution < -0.4 is 0 Å². The quantitative estimate of drug-likeness (QED) is 0.123. The van der Waals surface area contributed by atoms with Crippen molar-refractivity contribution in [1.29, 1.82) is 0 Å². The van der Waals surface area contributed by atoms with E-state index in [-0.39, 0.29) is 0 Å². The largest absolute Gasteiger partial charge is 0.0622 e. The van der Waals surface area contributed by atoms with Crippen LogP contribution in [0.25, 0.3) is 109 Å². The number of benzene rings is 11. The van der Waals surface area contributed by atoms with Crippen molar-refractivity contribution in [2.24, 2.45) is 0 Å². The van der Waals surface area contributed by atoms with E-state index in [0.717, 1.165) is 0 Å². The minimum absolute atomic E-state index is 1.20. The Bertz CT molecular complexity index is 3170. The zero-order valence-corrected chi connectivity index (χ0v) is 30.8. The van der Waals surface area contributed by atoms with Crippen LogP contribution in [0.2, 0.25) is 0 Å². The Balaban J connectivity index is 1.19. The molecule has 0 unspecified atom stereocenters. The standard InChI is InChI=1S/C56H36/c1-3-15-37(16-4-1)38-27-29-39(30-28-38)43-33-31-42(41-32-34-48-46-21-8-7-19-44(46)45-20-9-10-22-47(45)53(48)35-41)36-54(43)56-51-25-13-11-23-49(51)55(40-17-5-2-6-18-40)50-24-12-14-26-52(50)56/h1-36H. The summed E-state index contributed by atoms with van der Waals surface area (Å²) in [6, 6.07) is 80.3. The third kappa shape index (κ3) is 5.22. The molecule has 0 atom stereocenters. The molecule has 0 spiro atoms. The van der Waals surface area contributed by atoms with Crippen molar-refractivity contribution in [3.63, 3.8) is 0 Å². The molecule has 11 aromatic carbocycles. The van der Waals surface area contributed by atoms with Gasteiger partial charge in [-0.25, -0.2) is 0 Å². The van der Waals surface area contributed by atoms with Crippen molar-refractivity contribution >= 4 is 53.9 Å². The summed E-state index contributed by atoms with van der Waals surface area (Å²) in [5.41, 5.74) is 12.3. The summed E-state index contributed by atoms with van der Waals surface area (Å²) in [4.78, 5) is 0. The fourth-order valence-electron chi connectivity index (χ4n) is 9.08. The van der Waals surface area contributed by atoms with Crippen molar-refractivity contribution in [3.05, 3.63) is 218 Å². The molecule has 0 aliphatic carbocycles. The average molecular weight is 709 g/mol. The van der Waals surface area contributed by atoms with Gasteiger partial charge in [0.2, 0.25) is 0 Å². The molecule has 0 aromatic heterocycles. The molecule has 0 fully saturated rings. The highest BCUT2D eigenvalue weighted by atomic mass is 14.2. The predicted octanol–water partition coefficient (Wildman–Crippen LogP) is 15.8. The van der Waals surface area contributed by atoms with E-state index in [0.29, 0.717) is 0 Å². The van der Waals surface area contributed by atoms with Crippen LogP contribution in [0.1, 0.15) is 0 Å². The minimum atomic E-state index is 1.20. The first-order chi connectivity index (χ1) is 27.8. The van der Waals surface area contributed by atoms with E-state index in [4.69, 9.17) is 0 Å². The van der Waals surface area contributed by atoms with Gasteiger partial charge in [0.15, 0.2) is 0 Å². The monoisotopic (exact) mass is 708 g/mol. The summed E-state index contributed by atoms with van der Waals surface area (Å²) in [7, 11) is 0. The molecule has 0 nitrogen and oxygen atoms in total. The molecule has 0 aliphatic rings. The first-order valence-corrected chi connectivity index (χ1v) is 19.4. The molecular formula is C56H36. The van der Waals surface area contributed by atoms with Crippen LogP contribution in [0.5, 0.6) is 0 Å². The number of hydrogen-bond donors (Lipinski definition) is 0. The van der Waals surface area contributed by atoms with E-state index in [1.165, 1.54) is 109 Å². The molecule has 11 rings (SSSR count). The lowest BCUT2D eigenvalue weighted by Gasteiger charge is -2.21. The number of rotatable bonds is 5. The summed E-state index contributed by atoms with van der Waals surface area (Å²) in [6.07, 6.45) is 0. The van der Waals surface area contributed by atoms with Crippen LogP contribution in [0.4, 0.5) is 0 Å². The van der Waals surface area contributed by atoms with Gasteiger partial charge in [0.05, 0.1) is 0 Å². The van der Waals surface area contributed by atoms with Crippen LogP contribution in [-0.2, 0) is 0 Å². The molecule has 0 saturated heterocycles. The third-order valence-corrected chi connectivity index (χ3v) is 11.7. The Kier molecular flexibility index (Phi) is 7.60. The lowest BCUT2D eigenvalue weighted by Crippen LogP contribution is -1.94. The van der Waals surface area contributed by atoms with Gasteiger partial charge in [-0.2, -0.15) is 0 Å². The van der Waals surface area contributed by atoms with Crippen LogP contribution in [0.15, 0.2) is 218 Å². The van der Waals surface area contributed by atoms with Gasteiger partial charge >= 0.3 is 0 Å². The zero-order valence-electron chi connectivity index (χ0n) is 30.8. The number of fused-ring (bicyclic) bond motifs is 8. The molecule has 56 heavy (non-hydrogen) atoms. The maximum Gasteiger partial charge on any atom is -0.00199 e. The molecule has 0 radical (unpaired) electrons. The molecule has 0 N–H and O–H groups in total. The Morgan fingerprint density at radius 2 is 0.518 bits per heavy atom. The zero-order chi connectivity index (χ0) is 37.0. The molecular weight excluding hydrogens is 673 g/mol. The molecule has 260 valence electrons. The van der Waals surface area contributed by atoms with Crippen LogP contribution in [-0.4, -0.2) is 0 Å². The van der Waals surface area contributed by atoms with E-state index in [1.54, 1.807) is 0 Å². The fourth-order valence-corrected chi connectivity index (χ4v) is 9.08. The highest BCUT2D eigenvalue weighted by Gasteiger charge is 2.20. The maximum absolute atomic E-state index is 2.45. The molecule has 0 saturated carbocycles. The summed E-state index contributed by atoms with van der Waals surface area (Å²) in [6.45, 7) is 0. The molecule has 0 bridgehead atoms. The Labute approximate surface area is 326 Å². The highest BCUT2D eigenvalue weighted by Crippen LogP contribution is 2.47. The van der Waals surface area contributed by atoms with E-state index in [2.05, 4.69) is 218 Å². The van der Waals surface area contributed by atoms with Crippen molar-refractivity contribution in [3.8, 4) is 55.6 Å².